The van der Waals surface area contributed by atoms with Crippen molar-refractivity contribution in [2.24, 2.45) is 0 Å². The van der Waals surface area contributed by atoms with Crippen molar-refractivity contribution in [3.05, 3.63) is 12.2 Å². The van der Waals surface area contributed by atoms with Crippen molar-refractivity contribution in [2.45, 2.75) is 199 Å². The fourth-order valence-corrected chi connectivity index (χ4v) is 5.98. The molecule has 12 heteroatoms. The van der Waals surface area contributed by atoms with E-state index in [2.05, 4.69) is 23.6 Å². The summed E-state index contributed by atoms with van der Waals surface area (Å²) in [6.07, 6.45) is 18.2. The second-order valence-electron chi connectivity index (χ2n) is 13.0. The average molecular weight is 765 g/mol. The van der Waals surface area contributed by atoms with Gasteiger partial charge in [-0.15, -0.1) is 0 Å². The summed E-state index contributed by atoms with van der Waals surface area (Å²) < 4.78 is 85.5. The van der Waals surface area contributed by atoms with E-state index in [-0.39, 0.29) is 55.4 Å². The first-order valence-corrected chi connectivity index (χ1v) is 20.8. The van der Waals surface area contributed by atoms with Crippen LogP contribution in [-0.4, -0.2) is 95.2 Å². The number of carbonyl (C=O) groups excluding carboxylic acids is 2. The molecule has 297 valence electrons. The molecular weight excluding hydrogens is 682 g/mol. The van der Waals surface area contributed by atoms with E-state index in [9.17, 15) is 24.2 Å². The molecule has 0 spiro atoms. The molecule has 0 amide bonds. The van der Waals surface area contributed by atoms with Gasteiger partial charge in [-0.3, -0.25) is 18.6 Å². The Morgan fingerprint density at radius 1 is 0.706 bits per heavy atom. The number of phosphoric ester groups is 1. The molecule has 0 saturated heterocycles. The van der Waals surface area contributed by atoms with Crippen LogP contribution < -0.4 is 0 Å². The zero-order chi connectivity index (χ0) is 43.1. The summed E-state index contributed by atoms with van der Waals surface area (Å²) in [6.45, 7) is -3.08. The summed E-state index contributed by atoms with van der Waals surface area (Å²) in [5.41, 5.74) is 0. The molecule has 1 radical (unpaired) electrons. The Balaban J connectivity index is 0. The Morgan fingerprint density at radius 2 is 1.18 bits per heavy atom. The van der Waals surface area contributed by atoms with Crippen LogP contribution in [0.3, 0.4) is 0 Å². The van der Waals surface area contributed by atoms with Gasteiger partial charge in [0.05, 0.1) is 19.8 Å². The summed E-state index contributed by atoms with van der Waals surface area (Å²) in [5, 5.41) is 18.3. The first-order valence-electron chi connectivity index (χ1n) is 22.8. The molecular formula is C39H75NaO10P. The maximum Gasteiger partial charge on any atom is 0.472 e. The molecule has 0 aromatic rings. The fraction of sp³-hybridized carbons (Fsp3) is 0.897. The van der Waals surface area contributed by atoms with Gasteiger partial charge in [-0.1, -0.05) is 148 Å². The van der Waals surface area contributed by atoms with Gasteiger partial charge in [-0.05, 0) is 38.5 Å². The van der Waals surface area contributed by atoms with Gasteiger partial charge >= 0.3 is 19.8 Å². The molecule has 0 aromatic carbocycles. The molecule has 0 heterocycles. The minimum atomic E-state index is -4.66. The molecule has 0 aliphatic heterocycles. The average Bonchev–Trinajstić information content (AvgIpc) is 3.14. The normalized spacial score (nSPS) is 16.7. The van der Waals surface area contributed by atoms with Gasteiger partial charge in [-0.25, -0.2) is 4.57 Å². The Bertz CT molecular complexity index is 1120. The molecule has 0 aromatic heterocycles. The van der Waals surface area contributed by atoms with Gasteiger partial charge in [-0.2, -0.15) is 0 Å². The van der Waals surface area contributed by atoms with Crippen molar-refractivity contribution in [1.82, 2.24) is 0 Å². The molecule has 0 aliphatic rings. The van der Waals surface area contributed by atoms with Crippen LogP contribution >= 0.6 is 7.82 Å². The smallest absolute Gasteiger partial charge is 0.462 e. The number of ether oxygens (including phenoxy) is 2. The van der Waals surface area contributed by atoms with Gasteiger partial charge < -0.3 is 24.6 Å². The van der Waals surface area contributed by atoms with Gasteiger partial charge in [0.1, 0.15) is 12.7 Å². The van der Waals surface area contributed by atoms with Crippen LogP contribution in [0.15, 0.2) is 12.2 Å². The Kier molecular flexibility index (Phi) is 31.2. The fourth-order valence-electron chi connectivity index (χ4n) is 5.19. The second-order valence-corrected chi connectivity index (χ2v) is 14.5. The monoisotopic (exact) mass is 765 g/mol. The number of rotatable bonds is 38. The molecule has 0 fully saturated rings. The molecule has 0 bridgehead atoms. The number of aliphatic hydroxyl groups is 2. The number of hydrogen-bond donors (Lipinski definition) is 3. The topological polar surface area (TPSA) is 149 Å². The van der Waals surface area contributed by atoms with Crippen molar-refractivity contribution in [1.29, 1.82) is 0 Å². The molecule has 0 aliphatic carbocycles. The van der Waals surface area contributed by atoms with E-state index in [1.807, 2.05) is 0 Å². The molecule has 0 rings (SSSR count). The van der Waals surface area contributed by atoms with E-state index in [1.165, 1.54) is 51.4 Å². The minimum Gasteiger partial charge on any atom is -0.462 e. The number of aliphatic hydroxyl groups excluding tert-OH is 2. The van der Waals surface area contributed by atoms with Crippen LogP contribution in [-0.2, 0) is 32.7 Å². The van der Waals surface area contributed by atoms with Crippen LogP contribution in [0.25, 0.3) is 0 Å². The number of phosphoric acid groups is 1. The molecule has 10 nitrogen and oxygen atoms in total. The van der Waals surface area contributed by atoms with Crippen LogP contribution in [0.4, 0.5) is 0 Å². The van der Waals surface area contributed by atoms with E-state index >= 15 is 0 Å². The number of unbranched alkanes of at least 4 members (excludes halogenated alkanes) is 19. The van der Waals surface area contributed by atoms with Crippen LogP contribution in [0, 0.1) is 0 Å². The number of carbonyl (C=O) groups is 2. The predicted octanol–water partition coefficient (Wildman–Crippen LogP) is 9.68. The van der Waals surface area contributed by atoms with Gasteiger partial charge in [0.15, 0.2) is 6.10 Å². The van der Waals surface area contributed by atoms with Crippen LogP contribution in [0.1, 0.15) is 197 Å². The third-order valence-corrected chi connectivity index (χ3v) is 9.16. The van der Waals surface area contributed by atoms with Crippen molar-refractivity contribution >= 4 is 49.3 Å². The van der Waals surface area contributed by atoms with E-state index in [1.54, 1.807) is 0 Å². The largest absolute Gasteiger partial charge is 0.472 e. The molecule has 3 atom stereocenters. The Morgan fingerprint density at radius 3 is 1.71 bits per heavy atom. The summed E-state index contributed by atoms with van der Waals surface area (Å²) in [5.74, 6) is -1.04. The first kappa shape index (κ1) is 40.4. The SMILES string of the molecule is [2H]C([2H])([2H])C([2H])([2H])C([2H])([2H])CCCCC/C=C/CCCCCCCC(=O)O[C@H](COC(=O)CCCCCCCCCCCCCC)COP(=O)(O)OCC(O)CO.[Na]. The van der Waals surface area contributed by atoms with Gasteiger partial charge in [0.2, 0.25) is 0 Å². The Labute approximate surface area is 343 Å². The van der Waals surface area contributed by atoms with Crippen molar-refractivity contribution in [3.63, 3.8) is 0 Å². The Hall–Kier alpha value is -0.290. The summed E-state index contributed by atoms with van der Waals surface area (Å²) in [7, 11) is -4.66. The molecule has 51 heavy (non-hydrogen) atoms. The zero-order valence-electron chi connectivity index (χ0n) is 39.0. The standard InChI is InChI=1S/C39H75O10P.Na/c1-3-5-7-9-11-13-15-17-18-19-21-23-25-27-29-31-39(43)49-37(35-48-50(44,45)47-33-36(41)32-40)34-46-38(42)30-28-26-24-22-20-16-14-12-10-8-6-4-2;/h17-18,36-37,40-41H,3-16,19-35H2,1-2H3,(H,44,45);/b18-17+;/t36?,37-;/m1./s1/i1D3,3D2,5D2;. The summed E-state index contributed by atoms with van der Waals surface area (Å²) >= 11 is 0. The van der Waals surface area contributed by atoms with E-state index in [0.29, 0.717) is 25.7 Å². The third-order valence-electron chi connectivity index (χ3n) is 8.21. The summed E-state index contributed by atoms with van der Waals surface area (Å²) in [6, 6.07) is 0. The minimum absolute atomic E-state index is 0. The maximum absolute atomic E-state index is 12.6. The van der Waals surface area contributed by atoms with E-state index < -0.39 is 71.4 Å². The predicted molar refractivity (Wildman–Crippen MR) is 207 cm³/mol. The van der Waals surface area contributed by atoms with Crippen LogP contribution in [0.5, 0.6) is 0 Å². The van der Waals surface area contributed by atoms with E-state index in [0.717, 1.165) is 64.2 Å². The maximum atomic E-state index is 12.6. The second kappa shape index (κ2) is 39.4. The third kappa shape index (κ3) is 39.2. The van der Waals surface area contributed by atoms with Gasteiger partial charge in [0, 0.05) is 52.0 Å². The van der Waals surface area contributed by atoms with Crippen molar-refractivity contribution in [3.8, 4) is 0 Å². The van der Waals surface area contributed by atoms with E-state index in [4.69, 9.17) is 28.7 Å². The molecule has 3 N–H and O–H groups in total. The first-order chi connectivity index (χ1) is 26.9. The number of esters is 2. The zero-order valence-corrected chi connectivity index (χ0v) is 34.9. The number of allylic oxidation sites excluding steroid dienone is 2. The quantitative estimate of drug-likeness (QED) is 0.0182. The molecule has 2 unspecified atom stereocenters. The summed E-state index contributed by atoms with van der Waals surface area (Å²) in [4.78, 5) is 34.9. The number of hydrogen-bond acceptors (Lipinski definition) is 9. The molecule has 0 saturated carbocycles. The van der Waals surface area contributed by atoms with Crippen molar-refractivity contribution < 1.29 is 57.4 Å². The van der Waals surface area contributed by atoms with Gasteiger partial charge in [0.25, 0.3) is 0 Å². The van der Waals surface area contributed by atoms with Crippen LogP contribution in [0.2, 0.25) is 0 Å². The van der Waals surface area contributed by atoms with Crippen molar-refractivity contribution in [2.75, 3.05) is 26.4 Å².